The average molecular weight is 1410 g/mol. The Morgan fingerprint density at radius 2 is 0.479 bits per heavy atom. The van der Waals surface area contributed by atoms with Gasteiger partial charge in [0, 0.05) is 25.7 Å². The largest absolute Gasteiger partial charge is 0.472 e. The highest BCUT2D eigenvalue weighted by molar-refractivity contribution is 7.47. The third kappa shape index (κ3) is 70.5. The van der Waals surface area contributed by atoms with Crippen LogP contribution in [0.15, 0.2) is 0 Å². The zero-order valence-corrected chi connectivity index (χ0v) is 64.3. The van der Waals surface area contributed by atoms with E-state index in [2.05, 4.69) is 34.6 Å². The summed E-state index contributed by atoms with van der Waals surface area (Å²) in [6.07, 6.45) is 59.4. The van der Waals surface area contributed by atoms with Crippen molar-refractivity contribution in [1.82, 2.24) is 0 Å². The first kappa shape index (κ1) is 94.1. The molecule has 0 radical (unpaired) electrons. The first-order valence-corrected chi connectivity index (χ1v) is 43.1. The Labute approximate surface area is 588 Å². The summed E-state index contributed by atoms with van der Waals surface area (Å²) >= 11 is 0. The number of hydrogen-bond acceptors (Lipinski definition) is 15. The summed E-state index contributed by atoms with van der Waals surface area (Å²) in [5.41, 5.74) is 0. The second-order valence-electron chi connectivity index (χ2n) is 28.2. The summed E-state index contributed by atoms with van der Waals surface area (Å²) in [6, 6.07) is 0. The molecule has 3 N–H and O–H groups in total. The van der Waals surface area contributed by atoms with Crippen molar-refractivity contribution in [3.63, 3.8) is 0 Å². The third-order valence-corrected chi connectivity index (χ3v) is 19.9. The van der Waals surface area contributed by atoms with Crippen LogP contribution in [0.5, 0.6) is 0 Å². The van der Waals surface area contributed by atoms with Gasteiger partial charge in [-0.15, -0.1) is 0 Å². The normalized spacial score (nSPS) is 13.9. The number of rotatable bonds is 77. The Balaban J connectivity index is 5.26. The molecule has 0 saturated heterocycles. The quantitative estimate of drug-likeness (QED) is 0.0222. The van der Waals surface area contributed by atoms with Gasteiger partial charge >= 0.3 is 39.5 Å². The van der Waals surface area contributed by atoms with Crippen LogP contribution < -0.4 is 0 Å². The summed E-state index contributed by atoms with van der Waals surface area (Å²) in [6.45, 7) is 7.33. The van der Waals surface area contributed by atoms with Gasteiger partial charge in [-0.1, -0.05) is 356 Å². The van der Waals surface area contributed by atoms with Crippen molar-refractivity contribution in [3.8, 4) is 0 Å². The molecule has 0 bridgehead atoms. The molecule has 0 heterocycles. The molecule has 5 atom stereocenters. The molecule has 0 fully saturated rings. The summed E-state index contributed by atoms with van der Waals surface area (Å²) in [7, 11) is -9.91. The van der Waals surface area contributed by atoms with Crippen molar-refractivity contribution < 1.29 is 80.2 Å². The van der Waals surface area contributed by atoms with Gasteiger partial charge in [0.25, 0.3) is 0 Å². The van der Waals surface area contributed by atoms with Crippen molar-refractivity contribution in [3.05, 3.63) is 0 Å². The maximum Gasteiger partial charge on any atom is 0.472 e. The Kier molecular flexibility index (Phi) is 68.7. The van der Waals surface area contributed by atoms with Crippen molar-refractivity contribution >= 4 is 39.5 Å². The molecule has 19 heteroatoms. The average Bonchev–Trinajstić information content (AvgIpc) is 1.86. The fourth-order valence-electron chi connectivity index (χ4n) is 11.9. The zero-order valence-electron chi connectivity index (χ0n) is 62.5. The molecular formula is C77H150O17P2. The number of ether oxygens (including phenoxy) is 4. The number of aliphatic hydroxyl groups excluding tert-OH is 1. The zero-order chi connectivity index (χ0) is 70.5. The minimum absolute atomic E-state index is 0.108. The second-order valence-corrected chi connectivity index (χ2v) is 31.1. The van der Waals surface area contributed by atoms with Gasteiger partial charge < -0.3 is 33.8 Å². The highest BCUT2D eigenvalue weighted by Crippen LogP contribution is 2.45. The number of hydrogen-bond donors (Lipinski definition) is 3. The van der Waals surface area contributed by atoms with Gasteiger partial charge in [0.05, 0.1) is 26.4 Å². The number of aliphatic hydroxyl groups is 1. The number of unbranched alkanes of at least 4 members (excludes halogenated alkanes) is 49. The monoisotopic (exact) mass is 1410 g/mol. The van der Waals surface area contributed by atoms with E-state index < -0.39 is 97.5 Å². The minimum Gasteiger partial charge on any atom is -0.462 e. The van der Waals surface area contributed by atoms with E-state index in [1.165, 1.54) is 231 Å². The molecular weight excluding hydrogens is 1260 g/mol. The Hall–Kier alpha value is -1.94. The molecule has 0 aliphatic heterocycles. The minimum atomic E-state index is -4.96. The molecule has 96 heavy (non-hydrogen) atoms. The number of carbonyl (C=O) groups excluding carboxylic acids is 4. The van der Waals surface area contributed by atoms with Crippen LogP contribution >= 0.6 is 15.6 Å². The molecule has 17 nitrogen and oxygen atoms in total. The molecule has 0 aromatic heterocycles. The van der Waals surface area contributed by atoms with Crippen LogP contribution in [0.4, 0.5) is 0 Å². The summed E-state index contributed by atoms with van der Waals surface area (Å²) in [4.78, 5) is 72.9. The molecule has 2 unspecified atom stereocenters. The lowest BCUT2D eigenvalue weighted by Crippen LogP contribution is -2.30. The number of phosphoric ester groups is 2. The van der Waals surface area contributed by atoms with Crippen LogP contribution in [-0.2, 0) is 65.4 Å². The first-order chi connectivity index (χ1) is 46.5. The lowest BCUT2D eigenvalue weighted by molar-refractivity contribution is -0.161. The lowest BCUT2D eigenvalue weighted by atomic mass is 10.0. The molecule has 0 spiro atoms. The SMILES string of the molecule is CCCCCCCCCCCCCCCCC(=O)OC[C@H](COP(=O)(O)OC[C@@H](O)COP(=O)(O)OC[C@@H](COC(=O)CCCCCCCCCCCCCC)OC(=O)CCCCCCCCCCCCCCCC)OC(=O)CCCCCCCCCCCCCCCC(C)C. The molecule has 0 saturated carbocycles. The van der Waals surface area contributed by atoms with Gasteiger partial charge in [-0.2, -0.15) is 0 Å². The van der Waals surface area contributed by atoms with Crippen LogP contribution in [0.3, 0.4) is 0 Å². The van der Waals surface area contributed by atoms with Gasteiger partial charge in [-0.3, -0.25) is 37.3 Å². The van der Waals surface area contributed by atoms with Crippen LogP contribution in [0, 0.1) is 5.92 Å². The van der Waals surface area contributed by atoms with E-state index >= 15 is 0 Å². The van der Waals surface area contributed by atoms with Crippen molar-refractivity contribution in [2.45, 2.75) is 425 Å². The van der Waals surface area contributed by atoms with Crippen LogP contribution in [-0.4, -0.2) is 96.7 Å². The molecule has 0 aliphatic carbocycles. The number of esters is 4. The second kappa shape index (κ2) is 70.1. The fourth-order valence-corrected chi connectivity index (χ4v) is 13.5. The van der Waals surface area contributed by atoms with E-state index in [-0.39, 0.29) is 25.7 Å². The van der Waals surface area contributed by atoms with E-state index in [4.69, 9.17) is 37.0 Å². The Bertz CT molecular complexity index is 1840. The van der Waals surface area contributed by atoms with Crippen LogP contribution in [0.1, 0.15) is 407 Å². The fraction of sp³-hybridized carbons (Fsp3) is 0.948. The summed E-state index contributed by atoms with van der Waals surface area (Å²) in [5.74, 6) is -1.32. The Morgan fingerprint density at radius 3 is 0.708 bits per heavy atom. The molecule has 0 aromatic carbocycles. The highest BCUT2D eigenvalue weighted by Gasteiger charge is 2.30. The first-order valence-electron chi connectivity index (χ1n) is 40.1. The topological polar surface area (TPSA) is 237 Å². The van der Waals surface area contributed by atoms with Gasteiger partial charge in [-0.05, 0) is 31.6 Å². The lowest BCUT2D eigenvalue weighted by Gasteiger charge is -2.21. The molecule has 0 amide bonds. The van der Waals surface area contributed by atoms with Crippen molar-refractivity contribution in [2.75, 3.05) is 39.6 Å². The molecule has 0 rings (SSSR count). The smallest absolute Gasteiger partial charge is 0.462 e. The highest BCUT2D eigenvalue weighted by atomic mass is 31.2. The standard InChI is InChI=1S/C77H150O17P2/c1-6-9-12-15-18-21-24-27-31-36-41-46-51-56-61-75(80)88-67-73(94-77(82)63-58-53-48-43-38-33-29-30-34-39-44-49-54-59-70(4)5)69-92-96(85,86)90-65-71(78)64-89-95(83,84)91-68-72(66-87-74(79)60-55-50-45-40-35-26-23-20-17-14-11-8-3)93-76(81)62-57-52-47-42-37-32-28-25-22-19-16-13-10-7-2/h70-73,78H,6-69H2,1-5H3,(H,83,84)(H,85,86)/t71-,72+,73+/m0/s1. The van der Waals surface area contributed by atoms with Gasteiger partial charge in [-0.25, -0.2) is 9.13 Å². The predicted octanol–water partition coefficient (Wildman–Crippen LogP) is 22.9. The predicted molar refractivity (Wildman–Crippen MR) is 391 cm³/mol. The van der Waals surface area contributed by atoms with Crippen molar-refractivity contribution in [2.24, 2.45) is 5.92 Å². The Morgan fingerprint density at radius 1 is 0.281 bits per heavy atom. The summed E-state index contributed by atoms with van der Waals surface area (Å²) in [5, 5.41) is 10.6. The van der Waals surface area contributed by atoms with Gasteiger partial charge in [0.15, 0.2) is 12.2 Å². The van der Waals surface area contributed by atoms with E-state index in [1.54, 1.807) is 0 Å². The summed E-state index contributed by atoms with van der Waals surface area (Å²) < 4.78 is 68.6. The molecule has 570 valence electrons. The third-order valence-electron chi connectivity index (χ3n) is 18.0. The number of carbonyl (C=O) groups is 4. The van der Waals surface area contributed by atoms with Crippen molar-refractivity contribution in [1.29, 1.82) is 0 Å². The van der Waals surface area contributed by atoms with Gasteiger partial charge in [0.2, 0.25) is 0 Å². The maximum atomic E-state index is 13.1. The van der Waals surface area contributed by atoms with E-state index in [9.17, 15) is 43.2 Å². The van der Waals surface area contributed by atoms with E-state index in [0.717, 1.165) is 95.8 Å². The van der Waals surface area contributed by atoms with Crippen LogP contribution in [0.25, 0.3) is 0 Å². The van der Waals surface area contributed by atoms with Crippen LogP contribution in [0.2, 0.25) is 0 Å². The van der Waals surface area contributed by atoms with E-state index in [1.807, 2.05) is 0 Å². The maximum absolute atomic E-state index is 13.1. The molecule has 0 aromatic rings. The van der Waals surface area contributed by atoms with E-state index in [0.29, 0.717) is 25.7 Å². The molecule has 0 aliphatic rings. The van der Waals surface area contributed by atoms with Gasteiger partial charge in [0.1, 0.15) is 19.3 Å². The number of phosphoric acid groups is 2.